The smallest absolute Gasteiger partial charge is 0.270 e. The molecule has 1 aliphatic heterocycles. The first-order chi connectivity index (χ1) is 15.4. The Hall–Kier alpha value is -3.56. The molecule has 32 heavy (non-hydrogen) atoms. The van der Waals surface area contributed by atoms with Gasteiger partial charge in [-0.25, -0.2) is 4.39 Å². The Labute approximate surface area is 192 Å². The predicted molar refractivity (Wildman–Crippen MR) is 126 cm³/mol. The molecule has 1 saturated heterocycles. The topological polar surface area (TPSA) is 72.7 Å². The highest BCUT2D eigenvalue weighted by atomic mass is 32.2. The van der Waals surface area contributed by atoms with Crippen LogP contribution in [0, 0.1) is 15.9 Å². The first-order valence-corrected chi connectivity index (χ1v) is 10.6. The number of thiocarbonyl (C=S) groups is 1. The van der Waals surface area contributed by atoms with Crippen LogP contribution in [0.15, 0.2) is 77.7 Å². The van der Waals surface area contributed by atoms with Crippen LogP contribution in [0.3, 0.4) is 0 Å². The average molecular weight is 467 g/mol. The maximum absolute atomic E-state index is 13.9. The molecule has 6 nitrogen and oxygen atoms in total. The van der Waals surface area contributed by atoms with Crippen molar-refractivity contribution in [2.75, 3.05) is 4.90 Å². The molecule has 1 fully saturated rings. The van der Waals surface area contributed by atoms with Gasteiger partial charge >= 0.3 is 0 Å². The molecule has 160 valence electrons. The van der Waals surface area contributed by atoms with Gasteiger partial charge in [-0.3, -0.25) is 19.8 Å². The lowest BCUT2D eigenvalue weighted by atomic mass is 10.1. The van der Waals surface area contributed by atoms with Gasteiger partial charge in [-0.1, -0.05) is 60.4 Å². The Balaban J connectivity index is 1.67. The molecular weight excluding hydrogens is 451 g/mol. The molecule has 3 aromatic rings. The third kappa shape index (κ3) is 4.53. The number of ether oxygens (including phenoxy) is 1. The molecule has 9 heteroatoms. The SMILES string of the molecule is O=C1C(=Cc2cc([N+](=O)[O-])ccc2OCc2ccccc2F)SC(=S)N1c1ccccc1. The number of nitro groups is 1. The van der Waals surface area contributed by atoms with Gasteiger partial charge in [-0.15, -0.1) is 0 Å². The number of thioether (sulfide) groups is 1. The quantitative estimate of drug-likeness (QED) is 0.200. The Morgan fingerprint density at radius 3 is 2.53 bits per heavy atom. The molecular formula is C23H15FN2O4S2. The summed E-state index contributed by atoms with van der Waals surface area (Å²) in [7, 11) is 0. The number of amides is 1. The summed E-state index contributed by atoms with van der Waals surface area (Å²) in [6.07, 6.45) is 1.51. The number of hydrogen-bond acceptors (Lipinski definition) is 6. The van der Waals surface area contributed by atoms with Crippen molar-refractivity contribution in [1.82, 2.24) is 0 Å². The van der Waals surface area contributed by atoms with E-state index in [2.05, 4.69) is 0 Å². The van der Waals surface area contributed by atoms with Gasteiger partial charge in [0, 0.05) is 23.3 Å². The van der Waals surface area contributed by atoms with Crippen molar-refractivity contribution in [3.8, 4) is 5.75 Å². The van der Waals surface area contributed by atoms with Crippen molar-refractivity contribution in [3.63, 3.8) is 0 Å². The summed E-state index contributed by atoms with van der Waals surface area (Å²) in [5.41, 5.74) is 1.14. The highest BCUT2D eigenvalue weighted by molar-refractivity contribution is 8.27. The maximum Gasteiger partial charge on any atom is 0.270 e. The Morgan fingerprint density at radius 1 is 1.09 bits per heavy atom. The number of benzene rings is 3. The van der Waals surface area contributed by atoms with Crippen LogP contribution in [0.4, 0.5) is 15.8 Å². The number of nitro benzene ring substituents is 1. The monoisotopic (exact) mass is 466 g/mol. The summed E-state index contributed by atoms with van der Waals surface area (Å²) < 4.78 is 20.0. The van der Waals surface area contributed by atoms with E-state index in [1.807, 2.05) is 6.07 Å². The number of para-hydroxylation sites is 1. The normalized spacial score (nSPS) is 14.8. The fourth-order valence-electron chi connectivity index (χ4n) is 3.07. The van der Waals surface area contributed by atoms with Crippen LogP contribution in [0.5, 0.6) is 5.75 Å². The van der Waals surface area contributed by atoms with Crippen molar-refractivity contribution in [3.05, 3.63) is 105 Å². The van der Waals surface area contributed by atoms with Crippen LogP contribution < -0.4 is 9.64 Å². The Bertz CT molecular complexity index is 1250. The van der Waals surface area contributed by atoms with E-state index in [4.69, 9.17) is 17.0 Å². The minimum absolute atomic E-state index is 0.0731. The van der Waals surface area contributed by atoms with E-state index < -0.39 is 10.7 Å². The van der Waals surface area contributed by atoms with Crippen LogP contribution in [-0.2, 0) is 11.4 Å². The fraction of sp³-hybridized carbons (Fsp3) is 0.0435. The number of hydrogen-bond donors (Lipinski definition) is 0. The van der Waals surface area contributed by atoms with Crippen LogP contribution in [0.25, 0.3) is 6.08 Å². The molecule has 0 unspecified atom stereocenters. The van der Waals surface area contributed by atoms with E-state index in [1.165, 1.54) is 35.2 Å². The van der Waals surface area contributed by atoms with E-state index in [0.29, 0.717) is 26.0 Å². The Kier molecular flexibility index (Phi) is 6.29. The van der Waals surface area contributed by atoms with Crippen molar-refractivity contribution in [1.29, 1.82) is 0 Å². The lowest BCUT2D eigenvalue weighted by molar-refractivity contribution is -0.384. The lowest BCUT2D eigenvalue weighted by Gasteiger charge is -2.14. The third-order valence-electron chi connectivity index (χ3n) is 4.64. The molecule has 1 amide bonds. The summed E-state index contributed by atoms with van der Waals surface area (Å²) in [5, 5.41) is 11.3. The highest BCUT2D eigenvalue weighted by Crippen LogP contribution is 2.37. The van der Waals surface area contributed by atoms with Gasteiger partial charge in [0.25, 0.3) is 11.6 Å². The largest absolute Gasteiger partial charge is 0.488 e. The molecule has 0 spiro atoms. The molecule has 4 rings (SSSR count). The van der Waals surface area contributed by atoms with E-state index in [9.17, 15) is 19.3 Å². The summed E-state index contributed by atoms with van der Waals surface area (Å²) in [5.74, 6) is -0.471. The predicted octanol–water partition coefficient (Wildman–Crippen LogP) is 5.72. The van der Waals surface area contributed by atoms with Crippen molar-refractivity contribution < 1.29 is 18.8 Å². The van der Waals surface area contributed by atoms with Crippen molar-refractivity contribution >= 4 is 51.7 Å². The van der Waals surface area contributed by atoms with Gasteiger partial charge in [0.15, 0.2) is 4.32 Å². The molecule has 0 aromatic heterocycles. The third-order valence-corrected chi connectivity index (χ3v) is 5.94. The van der Waals surface area contributed by atoms with Gasteiger partial charge in [0.1, 0.15) is 18.2 Å². The van der Waals surface area contributed by atoms with Gasteiger partial charge < -0.3 is 4.74 Å². The minimum atomic E-state index is -0.535. The number of carbonyl (C=O) groups excluding carboxylic acids is 1. The van der Waals surface area contributed by atoms with Crippen LogP contribution in [0.2, 0.25) is 0 Å². The second kappa shape index (κ2) is 9.29. The zero-order valence-electron chi connectivity index (χ0n) is 16.4. The van der Waals surface area contributed by atoms with E-state index in [1.54, 1.807) is 42.5 Å². The number of carbonyl (C=O) groups is 1. The zero-order valence-corrected chi connectivity index (χ0v) is 18.1. The number of non-ortho nitro benzene ring substituents is 1. The van der Waals surface area contributed by atoms with Crippen molar-refractivity contribution in [2.45, 2.75) is 6.61 Å². The summed E-state index contributed by atoms with van der Waals surface area (Å²) >= 11 is 6.46. The molecule has 1 heterocycles. The molecule has 3 aromatic carbocycles. The van der Waals surface area contributed by atoms with Gasteiger partial charge in [0.05, 0.1) is 15.5 Å². The highest BCUT2D eigenvalue weighted by Gasteiger charge is 2.33. The second-order valence-electron chi connectivity index (χ2n) is 6.71. The van der Waals surface area contributed by atoms with Gasteiger partial charge in [0.2, 0.25) is 0 Å². The van der Waals surface area contributed by atoms with E-state index in [-0.39, 0.29) is 24.0 Å². The molecule has 0 atom stereocenters. The molecule has 0 N–H and O–H groups in total. The minimum Gasteiger partial charge on any atom is -0.488 e. The van der Waals surface area contributed by atoms with Gasteiger partial charge in [-0.2, -0.15) is 0 Å². The second-order valence-corrected chi connectivity index (χ2v) is 8.39. The zero-order chi connectivity index (χ0) is 22.7. The number of nitrogens with zero attached hydrogens (tertiary/aromatic N) is 2. The van der Waals surface area contributed by atoms with E-state index in [0.717, 1.165) is 11.8 Å². The van der Waals surface area contributed by atoms with Crippen LogP contribution >= 0.6 is 24.0 Å². The Morgan fingerprint density at radius 2 is 1.81 bits per heavy atom. The summed E-state index contributed by atoms with van der Waals surface area (Å²) in [6.45, 7) is -0.0731. The number of anilines is 1. The molecule has 0 aliphatic carbocycles. The van der Waals surface area contributed by atoms with Gasteiger partial charge in [-0.05, 0) is 30.3 Å². The molecule has 0 saturated carbocycles. The van der Waals surface area contributed by atoms with Crippen LogP contribution in [0.1, 0.15) is 11.1 Å². The lowest BCUT2D eigenvalue weighted by Crippen LogP contribution is -2.27. The first-order valence-electron chi connectivity index (χ1n) is 9.41. The number of rotatable bonds is 6. The molecule has 0 bridgehead atoms. The average Bonchev–Trinajstić information content (AvgIpc) is 3.07. The van der Waals surface area contributed by atoms with Crippen molar-refractivity contribution in [2.24, 2.45) is 0 Å². The summed E-state index contributed by atoms with van der Waals surface area (Å²) in [4.78, 5) is 25.4. The standard InChI is InChI=1S/C23H15FN2O4S2/c24-19-9-5-4-6-15(19)14-30-20-11-10-18(26(28)29)12-16(20)13-21-22(27)25(23(31)32-21)17-7-2-1-3-8-17/h1-13H,14H2. The maximum atomic E-state index is 13.9. The van der Waals surface area contributed by atoms with Crippen LogP contribution in [-0.4, -0.2) is 15.2 Å². The number of halogens is 1. The molecule has 1 aliphatic rings. The first kappa shape index (κ1) is 21.7. The summed E-state index contributed by atoms with van der Waals surface area (Å²) in [6, 6.07) is 19.2. The fourth-order valence-corrected chi connectivity index (χ4v) is 4.36. The van der Waals surface area contributed by atoms with E-state index >= 15 is 0 Å². The molecule has 0 radical (unpaired) electrons.